The van der Waals surface area contributed by atoms with E-state index in [1.54, 1.807) is 4.52 Å². The normalized spacial score (nSPS) is 18.6. The van der Waals surface area contributed by atoms with Crippen molar-refractivity contribution in [1.29, 1.82) is 0 Å². The molecule has 3 heterocycles. The molecule has 6 heteroatoms. The minimum absolute atomic E-state index is 0.0133. The molecule has 0 saturated carbocycles. The highest BCUT2D eigenvalue weighted by atomic mass is 16.5. The summed E-state index contributed by atoms with van der Waals surface area (Å²) < 4.78 is 7.47. The Morgan fingerprint density at radius 3 is 2.91 bits per heavy atom. The number of aryl methyl sites for hydroxylation is 3. The molecule has 0 N–H and O–H groups in total. The molecule has 2 aromatic heterocycles. The van der Waals surface area contributed by atoms with Crippen LogP contribution in [0.1, 0.15) is 47.2 Å². The summed E-state index contributed by atoms with van der Waals surface area (Å²) in [5.74, 6) is 0.0133. The summed E-state index contributed by atoms with van der Waals surface area (Å²) in [4.78, 5) is 19.5. The second-order valence-electron chi connectivity index (χ2n) is 6.21. The van der Waals surface area contributed by atoms with Crippen molar-refractivity contribution in [3.63, 3.8) is 0 Å². The first-order valence-electron chi connectivity index (χ1n) is 8.25. The lowest BCUT2D eigenvalue weighted by Crippen LogP contribution is -2.43. The Hall–Kier alpha value is -1.95. The van der Waals surface area contributed by atoms with Crippen molar-refractivity contribution >= 4 is 11.6 Å². The van der Waals surface area contributed by atoms with Crippen LogP contribution in [0, 0.1) is 20.8 Å². The Bertz CT molecular complexity index is 736. The molecule has 0 aliphatic carbocycles. The van der Waals surface area contributed by atoms with Gasteiger partial charge in [-0.2, -0.15) is 5.10 Å². The second kappa shape index (κ2) is 6.28. The van der Waals surface area contributed by atoms with E-state index in [-0.39, 0.29) is 12.0 Å². The van der Waals surface area contributed by atoms with Crippen molar-refractivity contribution in [2.75, 3.05) is 19.7 Å². The zero-order valence-electron chi connectivity index (χ0n) is 14.3. The number of fused-ring (bicyclic) bond motifs is 1. The van der Waals surface area contributed by atoms with Crippen LogP contribution in [0.25, 0.3) is 5.65 Å². The molecule has 1 aliphatic heterocycles. The number of aromatic nitrogens is 3. The van der Waals surface area contributed by atoms with Crippen molar-refractivity contribution in [1.82, 2.24) is 19.5 Å². The van der Waals surface area contributed by atoms with Gasteiger partial charge in [0.25, 0.3) is 5.91 Å². The third kappa shape index (κ3) is 2.95. The van der Waals surface area contributed by atoms with Gasteiger partial charge >= 0.3 is 0 Å². The van der Waals surface area contributed by atoms with Crippen LogP contribution in [0.15, 0.2) is 6.07 Å². The van der Waals surface area contributed by atoms with Gasteiger partial charge in [-0.05, 0) is 46.6 Å². The predicted octanol–water partition coefficient (Wildman–Crippen LogP) is 2.30. The number of piperidine rings is 1. The fourth-order valence-corrected chi connectivity index (χ4v) is 3.33. The number of ether oxygens (including phenoxy) is 1. The summed E-state index contributed by atoms with van der Waals surface area (Å²) >= 11 is 0. The molecule has 1 atom stereocenters. The van der Waals surface area contributed by atoms with Gasteiger partial charge in [-0.15, -0.1) is 0 Å². The van der Waals surface area contributed by atoms with Gasteiger partial charge in [0.2, 0.25) is 0 Å². The van der Waals surface area contributed by atoms with Gasteiger partial charge in [0.1, 0.15) is 5.56 Å². The van der Waals surface area contributed by atoms with Gasteiger partial charge < -0.3 is 9.64 Å². The van der Waals surface area contributed by atoms with Crippen molar-refractivity contribution in [3.8, 4) is 0 Å². The number of carbonyl (C=O) groups is 1. The highest BCUT2D eigenvalue weighted by Gasteiger charge is 2.29. The van der Waals surface area contributed by atoms with Gasteiger partial charge in [0, 0.05) is 31.1 Å². The molecule has 1 aliphatic rings. The van der Waals surface area contributed by atoms with Gasteiger partial charge in [0.15, 0.2) is 5.65 Å². The standard InChI is InChI=1S/C17H24N4O2/c1-5-23-14-7-6-8-20(10-14)17(22)15-13(4)19-21-12(3)9-11(2)18-16(15)21/h9,14H,5-8,10H2,1-4H3/t14-/m0/s1. The van der Waals surface area contributed by atoms with Gasteiger partial charge in [0.05, 0.1) is 11.8 Å². The quantitative estimate of drug-likeness (QED) is 0.872. The molecule has 6 nitrogen and oxygen atoms in total. The Kier molecular flexibility index (Phi) is 4.35. The van der Waals surface area contributed by atoms with E-state index in [1.807, 2.05) is 38.7 Å². The predicted molar refractivity (Wildman–Crippen MR) is 87.7 cm³/mol. The molecule has 3 rings (SSSR count). The molecule has 2 aromatic rings. The Morgan fingerprint density at radius 1 is 1.39 bits per heavy atom. The summed E-state index contributed by atoms with van der Waals surface area (Å²) in [6, 6.07) is 1.97. The van der Waals surface area contributed by atoms with Crippen molar-refractivity contribution < 1.29 is 9.53 Å². The van der Waals surface area contributed by atoms with Crippen LogP contribution in [-0.2, 0) is 4.74 Å². The van der Waals surface area contributed by atoms with E-state index in [0.29, 0.717) is 24.4 Å². The van der Waals surface area contributed by atoms with E-state index >= 15 is 0 Å². The molecular weight excluding hydrogens is 292 g/mol. The first-order valence-corrected chi connectivity index (χ1v) is 8.25. The highest BCUT2D eigenvalue weighted by Crippen LogP contribution is 2.21. The Morgan fingerprint density at radius 2 is 2.17 bits per heavy atom. The zero-order chi connectivity index (χ0) is 16.6. The molecule has 1 saturated heterocycles. The van der Waals surface area contributed by atoms with Crippen LogP contribution in [0.2, 0.25) is 0 Å². The van der Waals surface area contributed by atoms with Crippen LogP contribution in [0.5, 0.6) is 0 Å². The molecule has 1 fully saturated rings. The number of hydrogen-bond donors (Lipinski definition) is 0. The smallest absolute Gasteiger partial charge is 0.259 e. The molecule has 124 valence electrons. The fourth-order valence-electron chi connectivity index (χ4n) is 3.33. The summed E-state index contributed by atoms with van der Waals surface area (Å²) in [6.07, 6.45) is 2.12. The summed E-state index contributed by atoms with van der Waals surface area (Å²) in [7, 11) is 0. The number of rotatable bonds is 3. The number of carbonyl (C=O) groups excluding carboxylic acids is 1. The van der Waals surface area contributed by atoms with E-state index in [2.05, 4.69) is 10.1 Å². The van der Waals surface area contributed by atoms with Crippen LogP contribution in [0.4, 0.5) is 0 Å². The molecule has 0 bridgehead atoms. The molecule has 1 amide bonds. The van der Waals surface area contributed by atoms with Crippen molar-refractivity contribution in [3.05, 3.63) is 28.7 Å². The monoisotopic (exact) mass is 316 g/mol. The topological polar surface area (TPSA) is 59.7 Å². The number of likely N-dealkylation sites (tertiary alicyclic amines) is 1. The molecule has 0 aromatic carbocycles. The van der Waals surface area contributed by atoms with Crippen LogP contribution >= 0.6 is 0 Å². The van der Waals surface area contributed by atoms with E-state index < -0.39 is 0 Å². The third-order valence-electron chi connectivity index (χ3n) is 4.35. The van der Waals surface area contributed by atoms with Gasteiger partial charge in [-0.25, -0.2) is 9.50 Å². The first kappa shape index (κ1) is 15.9. The number of hydrogen-bond acceptors (Lipinski definition) is 4. The zero-order valence-corrected chi connectivity index (χ0v) is 14.3. The van der Waals surface area contributed by atoms with Gasteiger partial charge in [-0.3, -0.25) is 4.79 Å². The summed E-state index contributed by atoms with van der Waals surface area (Å²) in [5.41, 5.74) is 3.89. The SMILES string of the molecule is CCO[C@H]1CCCN(C(=O)c2c(C)nn3c(C)cc(C)nc23)C1. The van der Waals surface area contributed by atoms with Crippen molar-refractivity contribution in [2.45, 2.75) is 46.6 Å². The van der Waals surface area contributed by atoms with Crippen molar-refractivity contribution in [2.24, 2.45) is 0 Å². The molecule has 0 unspecified atom stereocenters. The largest absolute Gasteiger partial charge is 0.377 e. The highest BCUT2D eigenvalue weighted by molar-refractivity contribution is 6.01. The third-order valence-corrected chi connectivity index (χ3v) is 4.35. The fraction of sp³-hybridized carbons (Fsp3) is 0.588. The lowest BCUT2D eigenvalue weighted by molar-refractivity contribution is 0.00727. The summed E-state index contributed by atoms with van der Waals surface area (Å²) in [6.45, 7) is 9.89. The molecular formula is C17H24N4O2. The van der Waals surface area contributed by atoms with Crippen LogP contribution in [0.3, 0.4) is 0 Å². The number of nitrogens with zero attached hydrogens (tertiary/aromatic N) is 4. The lowest BCUT2D eigenvalue weighted by atomic mass is 10.1. The summed E-state index contributed by atoms with van der Waals surface area (Å²) in [5, 5.41) is 4.50. The average molecular weight is 316 g/mol. The molecule has 0 radical (unpaired) electrons. The Balaban J connectivity index is 1.96. The van der Waals surface area contributed by atoms with Crippen LogP contribution < -0.4 is 0 Å². The maximum absolute atomic E-state index is 13.0. The van der Waals surface area contributed by atoms with E-state index in [1.165, 1.54) is 0 Å². The molecule has 0 spiro atoms. The minimum atomic E-state index is 0.0133. The molecule has 23 heavy (non-hydrogen) atoms. The average Bonchev–Trinajstić information content (AvgIpc) is 2.84. The number of amides is 1. The Labute approximate surface area is 136 Å². The van der Waals surface area contributed by atoms with Crippen LogP contribution in [-0.4, -0.2) is 51.2 Å². The lowest BCUT2D eigenvalue weighted by Gasteiger charge is -2.32. The van der Waals surface area contributed by atoms with E-state index in [4.69, 9.17) is 4.74 Å². The minimum Gasteiger partial charge on any atom is -0.377 e. The first-order chi connectivity index (χ1) is 11.0. The maximum Gasteiger partial charge on any atom is 0.259 e. The maximum atomic E-state index is 13.0. The van der Waals surface area contributed by atoms with Gasteiger partial charge in [-0.1, -0.05) is 0 Å². The second-order valence-corrected chi connectivity index (χ2v) is 6.21. The van der Waals surface area contributed by atoms with E-state index in [0.717, 1.165) is 36.5 Å². The van der Waals surface area contributed by atoms with E-state index in [9.17, 15) is 4.79 Å².